The average Bonchev–Trinajstić information content (AvgIpc) is 2.35. The lowest BCUT2D eigenvalue weighted by atomic mass is 10.2. The minimum Gasteiger partial charge on any atom is -0.486 e. The third kappa shape index (κ3) is 2.74. The van der Waals surface area contributed by atoms with Crippen molar-refractivity contribution in [1.29, 1.82) is 0 Å². The van der Waals surface area contributed by atoms with Crippen LogP contribution in [0, 0.1) is 12.7 Å². The molecule has 0 heterocycles. The van der Waals surface area contributed by atoms with Crippen LogP contribution < -0.4 is 10.5 Å². The topological polar surface area (TPSA) is 35.2 Å². The molecule has 0 unspecified atom stereocenters. The zero-order valence-electron chi connectivity index (χ0n) is 9.91. The fraction of sp³-hybridized carbons (Fsp3) is 0.143. The smallest absolute Gasteiger partial charge is 0.167 e. The SMILES string of the molecule is Cc1cccc(OCc2cc(Cl)ccc2N)c1F. The molecule has 2 aromatic rings. The first-order valence-corrected chi connectivity index (χ1v) is 5.87. The highest BCUT2D eigenvalue weighted by Crippen LogP contribution is 2.23. The number of hydrogen-bond acceptors (Lipinski definition) is 2. The van der Waals surface area contributed by atoms with Crippen molar-refractivity contribution in [3.63, 3.8) is 0 Å². The summed E-state index contributed by atoms with van der Waals surface area (Å²) >= 11 is 5.87. The number of rotatable bonds is 3. The van der Waals surface area contributed by atoms with Gasteiger partial charge in [0.1, 0.15) is 6.61 Å². The van der Waals surface area contributed by atoms with E-state index in [-0.39, 0.29) is 18.2 Å². The van der Waals surface area contributed by atoms with Crippen molar-refractivity contribution in [2.24, 2.45) is 0 Å². The number of anilines is 1. The highest BCUT2D eigenvalue weighted by atomic mass is 35.5. The van der Waals surface area contributed by atoms with Crippen LogP contribution in [0.5, 0.6) is 5.75 Å². The van der Waals surface area contributed by atoms with Crippen LogP contribution in [-0.2, 0) is 6.61 Å². The van der Waals surface area contributed by atoms with Gasteiger partial charge < -0.3 is 10.5 Å². The van der Waals surface area contributed by atoms with Gasteiger partial charge in [-0.1, -0.05) is 23.7 Å². The Hall–Kier alpha value is -1.74. The molecule has 2 nitrogen and oxygen atoms in total. The fourth-order valence-corrected chi connectivity index (χ4v) is 1.78. The summed E-state index contributed by atoms with van der Waals surface area (Å²) in [7, 11) is 0. The number of aryl methyl sites for hydroxylation is 1. The van der Waals surface area contributed by atoms with Crippen molar-refractivity contribution < 1.29 is 9.13 Å². The summed E-state index contributed by atoms with van der Waals surface area (Å²) in [6, 6.07) is 10.1. The highest BCUT2D eigenvalue weighted by Gasteiger charge is 2.07. The fourth-order valence-electron chi connectivity index (χ4n) is 1.59. The number of benzene rings is 2. The third-order valence-corrected chi connectivity index (χ3v) is 2.88. The van der Waals surface area contributed by atoms with Crippen LogP contribution in [0.4, 0.5) is 10.1 Å². The molecule has 0 atom stereocenters. The van der Waals surface area contributed by atoms with Gasteiger partial charge in [0.05, 0.1) is 0 Å². The number of ether oxygens (including phenoxy) is 1. The van der Waals surface area contributed by atoms with Gasteiger partial charge in [-0.3, -0.25) is 0 Å². The van der Waals surface area contributed by atoms with Crippen molar-refractivity contribution in [1.82, 2.24) is 0 Å². The monoisotopic (exact) mass is 265 g/mol. The molecule has 4 heteroatoms. The van der Waals surface area contributed by atoms with Crippen LogP contribution in [0.3, 0.4) is 0 Å². The maximum Gasteiger partial charge on any atom is 0.167 e. The van der Waals surface area contributed by atoms with Gasteiger partial charge in [-0.25, -0.2) is 4.39 Å². The molecule has 0 aliphatic heterocycles. The lowest BCUT2D eigenvalue weighted by Crippen LogP contribution is -2.01. The van der Waals surface area contributed by atoms with Crippen molar-refractivity contribution in [2.75, 3.05) is 5.73 Å². The Balaban J connectivity index is 2.16. The molecule has 0 fully saturated rings. The van der Waals surface area contributed by atoms with Crippen molar-refractivity contribution >= 4 is 17.3 Å². The van der Waals surface area contributed by atoms with Gasteiger partial charge >= 0.3 is 0 Å². The first-order valence-electron chi connectivity index (χ1n) is 5.50. The van der Waals surface area contributed by atoms with E-state index in [1.54, 1.807) is 43.3 Å². The molecule has 0 aliphatic rings. The van der Waals surface area contributed by atoms with Crippen LogP contribution in [0.1, 0.15) is 11.1 Å². The molecule has 2 N–H and O–H groups in total. The summed E-state index contributed by atoms with van der Waals surface area (Å²) in [5, 5.41) is 0.576. The zero-order valence-corrected chi connectivity index (χ0v) is 10.7. The number of hydrogen-bond donors (Lipinski definition) is 1. The van der Waals surface area contributed by atoms with Crippen molar-refractivity contribution in [2.45, 2.75) is 13.5 Å². The number of nitrogens with two attached hydrogens (primary N) is 1. The van der Waals surface area contributed by atoms with E-state index in [2.05, 4.69) is 0 Å². The lowest BCUT2D eigenvalue weighted by molar-refractivity contribution is 0.290. The predicted octanol–water partition coefficient (Wildman–Crippen LogP) is 3.95. The van der Waals surface area contributed by atoms with Crippen LogP contribution in [0.25, 0.3) is 0 Å². The first kappa shape index (κ1) is 12.7. The quantitative estimate of drug-likeness (QED) is 0.853. The van der Waals surface area contributed by atoms with Gasteiger partial charge in [-0.15, -0.1) is 0 Å². The van der Waals surface area contributed by atoms with E-state index in [4.69, 9.17) is 22.1 Å². The molecule has 0 aromatic heterocycles. The van der Waals surface area contributed by atoms with E-state index in [1.807, 2.05) is 0 Å². The molecule has 0 saturated carbocycles. The van der Waals surface area contributed by atoms with E-state index >= 15 is 0 Å². The molecule has 0 radical (unpaired) electrons. The second kappa shape index (κ2) is 5.27. The summed E-state index contributed by atoms with van der Waals surface area (Å²) in [6.45, 7) is 1.88. The summed E-state index contributed by atoms with van der Waals surface area (Å²) in [5.74, 6) is -0.132. The largest absolute Gasteiger partial charge is 0.486 e. The Morgan fingerprint density at radius 1 is 1.28 bits per heavy atom. The maximum atomic E-state index is 13.7. The van der Waals surface area contributed by atoms with E-state index in [9.17, 15) is 4.39 Å². The molecule has 0 saturated heterocycles. The lowest BCUT2D eigenvalue weighted by Gasteiger charge is -2.10. The third-order valence-electron chi connectivity index (χ3n) is 2.64. The normalized spacial score (nSPS) is 10.4. The molecule has 2 rings (SSSR count). The molecule has 0 bridgehead atoms. The number of halogens is 2. The molecule has 0 amide bonds. The first-order chi connectivity index (χ1) is 8.58. The van der Waals surface area contributed by atoms with Gasteiger partial charge in [0.15, 0.2) is 11.6 Å². The molecular formula is C14H13ClFNO. The average molecular weight is 266 g/mol. The Bertz CT molecular complexity index is 570. The Kier molecular flexibility index (Phi) is 3.72. The molecule has 2 aromatic carbocycles. The summed E-state index contributed by atoms with van der Waals surface area (Å²) in [6.07, 6.45) is 0. The van der Waals surface area contributed by atoms with E-state index in [1.165, 1.54) is 0 Å². The predicted molar refractivity (Wildman–Crippen MR) is 71.3 cm³/mol. The van der Waals surface area contributed by atoms with Gasteiger partial charge in [0, 0.05) is 16.3 Å². The standard InChI is InChI=1S/C14H13ClFNO/c1-9-3-2-4-13(14(9)16)18-8-10-7-11(15)5-6-12(10)17/h2-7H,8,17H2,1H3. The minimum absolute atomic E-state index is 0.187. The Morgan fingerprint density at radius 3 is 2.83 bits per heavy atom. The van der Waals surface area contributed by atoms with E-state index < -0.39 is 0 Å². The second-order valence-corrected chi connectivity index (χ2v) is 4.46. The Morgan fingerprint density at radius 2 is 2.06 bits per heavy atom. The zero-order chi connectivity index (χ0) is 13.1. The van der Waals surface area contributed by atoms with Crippen molar-refractivity contribution in [3.05, 3.63) is 58.4 Å². The second-order valence-electron chi connectivity index (χ2n) is 4.02. The minimum atomic E-state index is -0.349. The number of nitrogen functional groups attached to an aromatic ring is 1. The van der Waals surface area contributed by atoms with Gasteiger partial charge in [0.2, 0.25) is 0 Å². The van der Waals surface area contributed by atoms with Gasteiger partial charge in [0.25, 0.3) is 0 Å². The van der Waals surface area contributed by atoms with Crippen LogP contribution in [0.2, 0.25) is 5.02 Å². The van der Waals surface area contributed by atoms with Crippen LogP contribution >= 0.6 is 11.6 Å². The molecule has 18 heavy (non-hydrogen) atoms. The van der Waals surface area contributed by atoms with E-state index in [0.717, 1.165) is 5.56 Å². The summed E-state index contributed by atoms with van der Waals surface area (Å²) < 4.78 is 19.1. The maximum absolute atomic E-state index is 13.7. The van der Waals surface area contributed by atoms with Crippen molar-refractivity contribution in [3.8, 4) is 5.75 Å². The molecule has 94 valence electrons. The summed E-state index contributed by atoms with van der Waals surface area (Å²) in [4.78, 5) is 0. The highest BCUT2D eigenvalue weighted by molar-refractivity contribution is 6.30. The van der Waals surface area contributed by atoms with E-state index in [0.29, 0.717) is 16.3 Å². The van der Waals surface area contributed by atoms with Crippen LogP contribution in [-0.4, -0.2) is 0 Å². The van der Waals surface area contributed by atoms with Gasteiger partial charge in [-0.05, 0) is 36.8 Å². The Labute approximate surface area is 110 Å². The van der Waals surface area contributed by atoms with Crippen LogP contribution in [0.15, 0.2) is 36.4 Å². The molecule has 0 aliphatic carbocycles. The molecular weight excluding hydrogens is 253 g/mol. The molecule has 0 spiro atoms. The summed E-state index contributed by atoms with van der Waals surface area (Å²) in [5.41, 5.74) is 7.65. The van der Waals surface area contributed by atoms with Gasteiger partial charge in [-0.2, -0.15) is 0 Å².